The normalized spacial score (nSPS) is 25.3. The SMILES string of the molecule is CC1CCC(C(Cc2ccc(F)c(F)c2)NN)CC1. The van der Waals surface area contributed by atoms with Gasteiger partial charge < -0.3 is 0 Å². The monoisotopic (exact) mass is 268 g/mol. The van der Waals surface area contributed by atoms with Gasteiger partial charge in [0.1, 0.15) is 0 Å². The fourth-order valence-electron chi connectivity index (χ4n) is 2.97. The summed E-state index contributed by atoms with van der Waals surface area (Å²) in [5, 5.41) is 0. The van der Waals surface area contributed by atoms with Crippen LogP contribution in [0, 0.1) is 23.5 Å². The maximum Gasteiger partial charge on any atom is 0.159 e. The van der Waals surface area contributed by atoms with E-state index in [-0.39, 0.29) is 6.04 Å². The molecule has 0 bridgehead atoms. The maximum atomic E-state index is 13.2. The van der Waals surface area contributed by atoms with Gasteiger partial charge >= 0.3 is 0 Å². The Kier molecular flexibility index (Phi) is 4.88. The van der Waals surface area contributed by atoms with Crippen molar-refractivity contribution in [3.8, 4) is 0 Å². The highest BCUT2D eigenvalue weighted by Gasteiger charge is 2.25. The average Bonchev–Trinajstić information content (AvgIpc) is 2.41. The quantitative estimate of drug-likeness (QED) is 0.650. The standard InChI is InChI=1S/C15H22F2N2/c1-10-2-5-12(6-3-10)15(19-18)9-11-4-7-13(16)14(17)8-11/h4,7-8,10,12,15,19H,2-3,5-6,9,18H2,1H3. The molecule has 0 heterocycles. The number of benzene rings is 1. The molecule has 4 heteroatoms. The van der Waals surface area contributed by atoms with Crippen LogP contribution in [0.25, 0.3) is 0 Å². The molecule has 1 aliphatic rings. The third-order valence-electron chi connectivity index (χ3n) is 4.28. The van der Waals surface area contributed by atoms with Crippen molar-refractivity contribution in [1.82, 2.24) is 5.43 Å². The number of hydrogen-bond acceptors (Lipinski definition) is 2. The van der Waals surface area contributed by atoms with Crippen LogP contribution in [0.1, 0.15) is 38.2 Å². The van der Waals surface area contributed by atoms with Gasteiger partial charge in [-0.05, 0) is 48.8 Å². The van der Waals surface area contributed by atoms with Crippen molar-refractivity contribution in [2.24, 2.45) is 17.7 Å². The molecule has 3 N–H and O–H groups in total. The number of hydrogen-bond donors (Lipinski definition) is 2. The van der Waals surface area contributed by atoms with Gasteiger partial charge in [0.05, 0.1) is 0 Å². The Labute approximate surface area is 113 Å². The Morgan fingerprint density at radius 1 is 1.21 bits per heavy atom. The van der Waals surface area contributed by atoms with Gasteiger partial charge in [0.2, 0.25) is 0 Å². The van der Waals surface area contributed by atoms with Gasteiger partial charge in [0, 0.05) is 6.04 Å². The van der Waals surface area contributed by atoms with Gasteiger partial charge in [0.15, 0.2) is 11.6 Å². The molecule has 19 heavy (non-hydrogen) atoms. The summed E-state index contributed by atoms with van der Waals surface area (Å²) in [6.07, 6.45) is 5.40. The lowest BCUT2D eigenvalue weighted by Gasteiger charge is -2.32. The molecule has 0 saturated heterocycles. The largest absolute Gasteiger partial charge is 0.271 e. The van der Waals surface area contributed by atoms with Crippen molar-refractivity contribution >= 4 is 0 Å². The molecule has 106 valence electrons. The third kappa shape index (κ3) is 3.74. The molecule has 1 aliphatic carbocycles. The summed E-state index contributed by atoms with van der Waals surface area (Å²) in [4.78, 5) is 0. The second kappa shape index (κ2) is 6.44. The second-order valence-electron chi connectivity index (χ2n) is 5.75. The van der Waals surface area contributed by atoms with Crippen molar-refractivity contribution < 1.29 is 8.78 Å². The lowest BCUT2D eigenvalue weighted by atomic mass is 9.78. The fraction of sp³-hybridized carbons (Fsp3) is 0.600. The van der Waals surface area contributed by atoms with Gasteiger partial charge in [-0.15, -0.1) is 0 Å². The smallest absolute Gasteiger partial charge is 0.159 e. The molecule has 1 unspecified atom stereocenters. The summed E-state index contributed by atoms with van der Waals surface area (Å²) in [5.74, 6) is 5.36. The molecule has 0 aromatic heterocycles. The Balaban J connectivity index is 2.00. The van der Waals surface area contributed by atoms with E-state index in [0.717, 1.165) is 24.3 Å². The summed E-state index contributed by atoms with van der Waals surface area (Å²) in [6, 6.07) is 4.22. The van der Waals surface area contributed by atoms with Gasteiger partial charge in [-0.3, -0.25) is 11.3 Å². The first kappa shape index (κ1) is 14.4. The van der Waals surface area contributed by atoms with Crippen molar-refractivity contribution in [1.29, 1.82) is 0 Å². The third-order valence-corrected chi connectivity index (χ3v) is 4.28. The van der Waals surface area contributed by atoms with Crippen LogP contribution in [0.2, 0.25) is 0 Å². The van der Waals surface area contributed by atoms with E-state index >= 15 is 0 Å². The zero-order valence-electron chi connectivity index (χ0n) is 11.3. The van der Waals surface area contributed by atoms with Crippen LogP contribution in [0.4, 0.5) is 8.78 Å². The first-order valence-corrected chi connectivity index (χ1v) is 7.00. The lowest BCUT2D eigenvalue weighted by Crippen LogP contribution is -2.43. The molecule has 2 nitrogen and oxygen atoms in total. The van der Waals surface area contributed by atoms with E-state index in [1.54, 1.807) is 6.07 Å². The van der Waals surface area contributed by atoms with E-state index in [1.807, 2.05) is 0 Å². The van der Waals surface area contributed by atoms with E-state index in [0.29, 0.717) is 12.3 Å². The molecular weight excluding hydrogens is 246 g/mol. The van der Waals surface area contributed by atoms with Crippen molar-refractivity contribution in [2.75, 3.05) is 0 Å². The topological polar surface area (TPSA) is 38.0 Å². The molecule has 1 saturated carbocycles. The number of halogens is 2. The zero-order valence-corrected chi connectivity index (χ0v) is 11.3. The lowest BCUT2D eigenvalue weighted by molar-refractivity contribution is 0.229. The van der Waals surface area contributed by atoms with Crippen molar-refractivity contribution in [3.05, 3.63) is 35.4 Å². The second-order valence-corrected chi connectivity index (χ2v) is 5.75. The van der Waals surface area contributed by atoms with Crippen LogP contribution in [0.5, 0.6) is 0 Å². The highest BCUT2D eigenvalue weighted by Crippen LogP contribution is 2.31. The van der Waals surface area contributed by atoms with Crippen LogP contribution in [-0.4, -0.2) is 6.04 Å². The first-order chi connectivity index (χ1) is 9.10. The minimum absolute atomic E-state index is 0.136. The number of hydrazine groups is 1. The van der Waals surface area contributed by atoms with E-state index < -0.39 is 11.6 Å². The molecule has 1 atom stereocenters. The molecular formula is C15H22F2N2. The summed E-state index contributed by atoms with van der Waals surface area (Å²) in [6.45, 7) is 2.27. The Morgan fingerprint density at radius 3 is 2.47 bits per heavy atom. The van der Waals surface area contributed by atoms with E-state index in [9.17, 15) is 8.78 Å². The van der Waals surface area contributed by atoms with E-state index in [1.165, 1.54) is 25.0 Å². The van der Waals surface area contributed by atoms with Crippen LogP contribution in [-0.2, 0) is 6.42 Å². The van der Waals surface area contributed by atoms with Crippen molar-refractivity contribution in [2.45, 2.75) is 45.1 Å². The Hall–Kier alpha value is -1.00. The van der Waals surface area contributed by atoms with E-state index in [2.05, 4.69) is 12.3 Å². The minimum Gasteiger partial charge on any atom is -0.271 e. The molecule has 0 amide bonds. The van der Waals surface area contributed by atoms with Crippen LogP contribution in [0.3, 0.4) is 0 Å². The van der Waals surface area contributed by atoms with Crippen LogP contribution in [0.15, 0.2) is 18.2 Å². The van der Waals surface area contributed by atoms with Gasteiger partial charge in [0.25, 0.3) is 0 Å². The number of rotatable bonds is 4. The summed E-state index contributed by atoms with van der Waals surface area (Å²) < 4.78 is 26.1. The number of nitrogens with one attached hydrogen (secondary N) is 1. The van der Waals surface area contributed by atoms with Gasteiger partial charge in [-0.2, -0.15) is 0 Å². The summed E-state index contributed by atoms with van der Waals surface area (Å²) in [5.41, 5.74) is 3.65. The van der Waals surface area contributed by atoms with E-state index in [4.69, 9.17) is 5.84 Å². The fourth-order valence-corrected chi connectivity index (χ4v) is 2.97. The Bertz CT molecular complexity index is 415. The molecule has 1 aromatic rings. The van der Waals surface area contributed by atoms with Gasteiger partial charge in [-0.25, -0.2) is 8.78 Å². The molecule has 0 aliphatic heterocycles. The molecule has 0 radical (unpaired) electrons. The highest BCUT2D eigenvalue weighted by atomic mass is 19.2. The van der Waals surface area contributed by atoms with Gasteiger partial charge in [-0.1, -0.05) is 25.8 Å². The highest BCUT2D eigenvalue weighted by molar-refractivity contribution is 5.19. The first-order valence-electron chi connectivity index (χ1n) is 7.00. The number of nitrogens with two attached hydrogens (primary N) is 1. The van der Waals surface area contributed by atoms with Crippen molar-refractivity contribution in [3.63, 3.8) is 0 Å². The summed E-state index contributed by atoms with van der Waals surface area (Å²) >= 11 is 0. The zero-order chi connectivity index (χ0) is 13.8. The predicted octanol–water partition coefficient (Wildman–Crippen LogP) is 3.17. The molecule has 1 fully saturated rings. The molecule has 0 spiro atoms. The minimum atomic E-state index is -0.799. The predicted molar refractivity (Wildman–Crippen MR) is 72.3 cm³/mol. The average molecular weight is 268 g/mol. The summed E-state index contributed by atoms with van der Waals surface area (Å²) in [7, 11) is 0. The van der Waals surface area contributed by atoms with Crippen LogP contribution < -0.4 is 11.3 Å². The van der Waals surface area contributed by atoms with Crippen LogP contribution >= 0.6 is 0 Å². The molecule has 2 rings (SSSR count). The Morgan fingerprint density at radius 2 is 1.89 bits per heavy atom. The maximum absolute atomic E-state index is 13.2. The molecule has 1 aromatic carbocycles.